The van der Waals surface area contributed by atoms with Gasteiger partial charge in [-0.2, -0.15) is 0 Å². The van der Waals surface area contributed by atoms with Gasteiger partial charge < -0.3 is 15.0 Å². The smallest absolute Gasteiger partial charge is 0.409 e. The SMILES string of the molecule is CC(C)(C)OC(=O)NC1CCN1C(=O)c1ccccc1-c1[c]nccc1. The number of hydrogen-bond donors (Lipinski definition) is 1. The fourth-order valence-electron chi connectivity index (χ4n) is 2.76. The average Bonchev–Trinajstić information content (AvgIpc) is 2.58. The van der Waals surface area contributed by atoms with Gasteiger partial charge in [-0.1, -0.05) is 24.3 Å². The highest BCUT2D eigenvalue weighted by atomic mass is 16.6. The van der Waals surface area contributed by atoms with E-state index in [4.69, 9.17) is 4.74 Å². The number of amides is 2. The quantitative estimate of drug-likeness (QED) is 0.920. The molecule has 1 radical (unpaired) electrons. The van der Waals surface area contributed by atoms with E-state index in [9.17, 15) is 9.59 Å². The number of alkyl carbamates (subject to hydrolysis) is 1. The van der Waals surface area contributed by atoms with E-state index in [-0.39, 0.29) is 12.1 Å². The van der Waals surface area contributed by atoms with Crippen LogP contribution in [0.25, 0.3) is 11.1 Å². The van der Waals surface area contributed by atoms with Crippen molar-refractivity contribution in [3.05, 3.63) is 54.4 Å². The second-order valence-electron chi connectivity index (χ2n) is 7.16. The molecule has 1 fully saturated rings. The van der Waals surface area contributed by atoms with Crippen molar-refractivity contribution in [2.45, 2.75) is 39.0 Å². The number of hydrogen-bond acceptors (Lipinski definition) is 4. The number of ether oxygens (including phenoxy) is 1. The Bertz CT molecular complexity index is 799. The summed E-state index contributed by atoms with van der Waals surface area (Å²) in [4.78, 5) is 30.6. The van der Waals surface area contributed by atoms with Gasteiger partial charge >= 0.3 is 6.09 Å². The number of benzene rings is 1. The lowest BCUT2D eigenvalue weighted by Gasteiger charge is -2.41. The first-order valence-corrected chi connectivity index (χ1v) is 8.58. The molecule has 1 aliphatic rings. The molecule has 1 N–H and O–H groups in total. The summed E-state index contributed by atoms with van der Waals surface area (Å²) in [5, 5.41) is 2.76. The van der Waals surface area contributed by atoms with E-state index in [1.54, 1.807) is 37.9 Å². The zero-order valence-corrected chi connectivity index (χ0v) is 15.2. The maximum absolute atomic E-state index is 13.0. The third-order valence-corrected chi connectivity index (χ3v) is 4.02. The normalized spacial score (nSPS) is 16.6. The zero-order valence-electron chi connectivity index (χ0n) is 15.2. The fraction of sp³-hybridized carbons (Fsp3) is 0.350. The highest BCUT2D eigenvalue weighted by molar-refractivity contribution is 6.01. The van der Waals surface area contributed by atoms with Crippen LogP contribution in [0.5, 0.6) is 0 Å². The van der Waals surface area contributed by atoms with Crippen LogP contribution < -0.4 is 5.32 Å². The first-order chi connectivity index (χ1) is 12.3. The lowest BCUT2D eigenvalue weighted by Crippen LogP contribution is -2.60. The number of pyridine rings is 1. The summed E-state index contributed by atoms with van der Waals surface area (Å²) in [6.45, 7) is 6.00. The Hall–Kier alpha value is -2.89. The summed E-state index contributed by atoms with van der Waals surface area (Å²) in [6, 6.07) is 11.0. The van der Waals surface area contributed by atoms with Crippen LogP contribution in [0, 0.1) is 6.20 Å². The van der Waals surface area contributed by atoms with E-state index in [0.717, 1.165) is 11.1 Å². The second kappa shape index (κ2) is 7.15. The van der Waals surface area contributed by atoms with Crippen molar-refractivity contribution in [2.75, 3.05) is 6.54 Å². The third-order valence-electron chi connectivity index (χ3n) is 4.02. The molecular formula is C20H22N3O3. The van der Waals surface area contributed by atoms with Gasteiger partial charge in [-0.05, 0) is 38.5 Å². The molecule has 1 aromatic heterocycles. The highest BCUT2D eigenvalue weighted by Gasteiger charge is 2.35. The minimum absolute atomic E-state index is 0.134. The first-order valence-electron chi connectivity index (χ1n) is 8.58. The van der Waals surface area contributed by atoms with Crippen molar-refractivity contribution in [1.29, 1.82) is 0 Å². The summed E-state index contributed by atoms with van der Waals surface area (Å²) >= 11 is 0. The first kappa shape index (κ1) is 17.9. The molecule has 2 aromatic rings. The highest BCUT2D eigenvalue weighted by Crippen LogP contribution is 2.27. The van der Waals surface area contributed by atoms with E-state index >= 15 is 0 Å². The molecule has 3 rings (SSSR count). The van der Waals surface area contributed by atoms with Crippen LogP contribution in [0.3, 0.4) is 0 Å². The van der Waals surface area contributed by atoms with Crippen molar-refractivity contribution >= 4 is 12.0 Å². The topological polar surface area (TPSA) is 71.5 Å². The van der Waals surface area contributed by atoms with Gasteiger partial charge in [0.2, 0.25) is 0 Å². The van der Waals surface area contributed by atoms with Crippen molar-refractivity contribution < 1.29 is 14.3 Å². The van der Waals surface area contributed by atoms with Crippen molar-refractivity contribution in [1.82, 2.24) is 15.2 Å². The molecule has 26 heavy (non-hydrogen) atoms. The molecule has 0 saturated carbocycles. The Morgan fingerprint density at radius 2 is 2.00 bits per heavy atom. The van der Waals surface area contributed by atoms with Crippen molar-refractivity contribution in [2.24, 2.45) is 0 Å². The number of likely N-dealkylation sites (tertiary alicyclic amines) is 1. The summed E-state index contributed by atoms with van der Waals surface area (Å²) in [6.07, 6.45) is 4.38. The zero-order chi connectivity index (χ0) is 18.7. The molecule has 1 saturated heterocycles. The largest absolute Gasteiger partial charge is 0.444 e. The Labute approximate surface area is 153 Å². The lowest BCUT2D eigenvalue weighted by atomic mass is 9.98. The van der Waals surface area contributed by atoms with Crippen LogP contribution in [-0.4, -0.2) is 40.2 Å². The maximum Gasteiger partial charge on any atom is 0.409 e. The van der Waals surface area contributed by atoms with Gasteiger partial charge in [0.15, 0.2) is 0 Å². The number of rotatable bonds is 3. The summed E-state index contributed by atoms with van der Waals surface area (Å²) in [5.74, 6) is -0.134. The van der Waals surface area contributed by atoms with E-state index < -0.39 is 11.7 Å². The molecule has 135 valence electrons. The molecule has 6 heteroatoms. The van der Waals surface area contributed by atoms with Crippen molar-refractivity contribution in [3.8, 4) is 11.1 Å². The molecule has 1 aliphatic heterocycles. The molecule has 1 unspecified atom stereocenters. The van der Waals surface area contributed by atoms with Gasteiger partial charge in [-0.15, -0.1) is 0 Å². The lowest BCUT2D eigenvalue weighted by molar-refractivity contribution is 0.0205. The second-order valence-corrected chi connectivity index (χ2v) is 7.16. The van der Waals surface area contributed by atoms with Crippen LogP contribution in [-0.2, 0) is 4.74 Å². The van der Waals surface area contributed by atoms with Crippen LogP contribution in [0.15, 0.2) is 42.6 Å². The molecule has 2 amide bonds. The Morgan fingerprint density at radius 3 is 2.62 bits per heavy atom. The van der Waals surface area contributed by atoms with Gasteiger partial charge in [0.1, 0.15) is 11.8 Å². The molecule has 2 heterocycles. The van der Waals surface area contributed by atoms with Crippen molar-refractivity contribution in [3.63, 3.8) is 0 Å². The van der Waals surface area contributed by atoms with Gasteiger partial charge in [0, 0.05) is 30.3 Å². The number of nitrogens with zero attached hydrogens (tertiary/aromatic N) is 2. The predicted molar refractivity (Wildman–Crippen MR) is 97.3 cm³/mol. The summed E-state index contributed by atoms with van der Waals surface area (Å²) in [5.41, 5.74) is 1.51. The molecule has 6 nitrogen and oxygen atoms in total. The van der Waals surface area contributed by atoms with Gasteiger partial charge in [-0.3, -0.25) is 9.78 Å². The predicted octanol–water partition coefficient (Wildman–Crippen LogP) is 3.25. The van der Waals surface area contributed by atoms with Crippen LogP contribution in [0.2, 0.25) is 0 Å². The minimum atomic E-state index is -0.578. The van der Waals surface area contributed by atoms with E-state index in [1.165, 1.54) is 0 Å². The summed E-state index contributed by atoms with van der Waals surface area (Å²) in [7, 11) is 0. The summed E-state index contributed by atoms with van der Waals surface area (Å²) < 4.78 is 5.27. The Balaban J connectivity index is 1.75. The Morgan fingerprint density at radius 1 is 1.23 bits per heavy atom. The van der Waals surface area contributed by atoms with Crippen LogP contribution >= 0.6 is 0 Å². The fourth-order valence-corrected chi connectivity index (χ4v) is 2.76. The number of carbonyl (C=O) groups excluding carboxylic acids is 2. The molecule has 1 atom stereocenters. The number of nitrogens with one attached hydrogen (secondary N) is 1. The standard InChI is InChI=1S/C20H22N3O3/c1-20(2,3)26-19(25)22-17-10-12-23(17)18(24)16-9-5-4-8-15(16)14-7-6-11-21-13-14/h4-9,11,17H,10,12H2,1-3H3,(H,22,25). The Kier molecular flexibility index (Phi) is 4.93. The third kappa shape index (κ3) is 4.02. The van der Waals surface area contributed by atoms with E-state index in [2.05, 4.69) is 16.5 Å². The number of carbonyl (C=O) groups is 2. The molecule has 0 bridgehead atoms. The van der Waals surface area contributed by atoms with Crippen LogP contribution in [0.4, 0.5) is 4.79 Å². The molecular weight excluding hydrogens is 330 g/mol. The van der Waals surface area contributed by atoms with Gasteiger partial charge in [0.25, 0.3) is 5.91 Å². The molecule has 0 spiro atoms. The van der Waals surface area contributed by atoms with Gasteiger partial charge in [-0.25, -0.2) is 4.79 Å². The van der Waals surface area contributed by atoms with Crippen LogP contribution in [0.1, 0.15) is 37.6 Å². The minimum Gasteiger partial charge on any atom is -0.444 e. The van der Waals surface area contributed by atoms with E-state index in [0.29, 0.717) is 18.5 Å². The molecule has 0 aliphatic carbocycles. The molecule has 1 aromatic carbocycles. The van der Waals surface area contributed by atoms with E-state index in [1.807, 2.05) is 30.3 Å². The maximum atomic E-state index is 13.0. The number of aromatic nitrogens is 1. The monoisotopic (exact) mass is 352 g/mol. The van der Waals surface area contributed by atoms with Gasteiger partial charge in [0.05, 0.1) is 6.20 Å². The average molecular weight is 352 g/mol.